The van der Waals surface area contributed by atoms with E-state index in [1.807, 2.05) is 29.5 Å². The van der Waals surface area contributed by atoms with Crippen LogP contribution in [0.5, 0.6) is 0 Å². The van der Waals surface area contributed by atoms with Crippen molar-refractivity contribution >= 4 is 22.6 Å². The van der Waals surface area contributed by atoms with Gasteiger partial charge >= 0.3 is 0 Å². The van der Waals surface area contributed by atoms with E-state index in [-0.39, 0.29) is 5.56 Å². The lowest BCUT2D eigenvalue weighted by atomic mass is 10.1. The standard InChI is InChI=1S/C10H13IN2O/c1-6-8(11)10(14)13-9(12-6)7-4-2-3-5-7/h7H,2-5H2,1H3,(H,12,13,14). The molecule has 0 aromatic carbocycles. The second-order valence-corrected chi connectivity index (χ2v) is 4.91. The van der Waals surface area contributed by atoms with Gasteiger partial charge in [0.25, 0.3) is 5.56 Å². The van der Waals surface area contributed by atoms with Crippen molar-refractivity contribution in [2.75, 3.05) is 0 Å². The van der Waals surface area contributed by atoms with E-state index in [1.54, 1.807) is 0 Å². The lowest BCUT2D eigenvalue weighted by Crippen LogP contribution is -2.18. The molecule has 0 saturated heterocycles. The highest BCUT2D eigenvalue weighted by molar-refractivity contribution is 14.1. The average Bonchev–Trinajstić information content (AvgIpc) is 2.66. The maximum Gasteiger partial charge on any atom is 0.264 e. The Morgan fingerprint density at radius 3 is 2.64 bits per heavy atom. The van der Waals surface area contributed by atoms with Crippen molar-refractivity contribution in [3.05, 3.63) is 25.4 Å². The zero-order valence-corrected chi connectivity index (χ0v) is 10.3. The number of rotatable bonds is 1. The molecule has 76 valence electrons. The van der Waals surface area contributed by atoms with Gasteiger partial charge in [0, 0.05) is 5.92 Å². The number of nitrogens with one attached hydrogen (secondary N) is 1. The molecular formula is C10H13IN2O. The monoisotopic (exact) mass is 304 g/mol. The predicted octanol–water partition coefficient (Wildman–Crippen LogP) is 2.34. The Morgan fingerprint density at radius 2 is 2.07 bits per heavy atom. The Kier molecular flexibility index (Phi) is 2.90. The molecule has 1 N–H and O–H groups in total. The number of hydrogen-bond acceptors (Lipinski definition) is 2. The Morgan fingerprint density at radius 1 is 1.43 bits per heavy atom. The molecule has 0 atom stereocenters. The first kappa shape index (κ1) is 10.1. The minimum absolute atomic E-state index is 0.0139. The first-order valence-electron chi connectivity index (χ1n) is 4.95. The second kappa shape index (κ2) is 4.00. The highest BCUT2D eigenvalue weighted by atomic mass is 127. The molecule has 0 radical (unpaired) electrons. The van der Waals surface area contributed by atoms with E-state index in [4.69, 9.17) is 0 Å². The molecule has 1 fully saturated rings. The van der Waals surface area contributed by atoms with Crippen molar-refractivity contribution < 1.29 is 0 Å². The van der Waals surface area contributed by atoms with Gasteiger partial charge in [0.15, 0.2) is 0 Å². The van der Waals surface area contributed by atoms with Gasteiger partial charge in [-0.2, -0.15) is 0 Å². The quantitative estimate of drug-likeness (QED) is 0.810. The van der Waals surface area contributed by atoms with E-state index in [2.05, 4.69) is 9.97 Å². The summed E-state index contributed by atoms with van der Waals surface area (Å²) in [6.45, 7) is 1.90. The van der Waals surface area contributed by atoms with Crippen LogP contribution in [0, 0.1) is 10.5 Å². The zero-order valence-electron chi connectivity index (χ0n) is 8.14. The number of aromatic nitrogens is 2. The Hall–Kier alpha value is -0.390. The van der Waals surface area contributed by atoms with E-state index < -0.39 is 0 Å². The van der Waals surface area contributed by atoms with Crippen LogP contribution in [0.2, 0.25) is 0 Å². The average molecular weight is 304 g/mol. The van der Waals surface area contributed by atoms with Crippen LogP contribution in [0.1, 0.15) is 43.1 Å². The summed E-state index contributed by atoms with van der Waals surface area (Å²) in [5, 5.41) is 0. The Balaban J connectivity index is 2.39. The van der Waals surface area contributed by atoms with Crippen molar-refractivity contribution in [1.29, 1.82) is 0 Å². The number of H-pyrrole nitrogens is 1. The van der Waals surface area contributed by atoms with Gasteiger partial charge in [0.2, 0.25) is 0 Å². The minimum atomic E-state index is 0.0139. The van der Waals surface area contributed by atoms with Gasteiger partial charge in [-0.1, -0.05) is 12.8 Å². The first-order chi connectivity index (χ1) is 6.68. The maximum atomic E-state index is 11.5. The molecule has 1 heterocycles. The summed E-state index contributed by atoms with van der Waals surface area (Å²) in [6.07, 6.45) is 4.87. The summed E-state index contributed by atoms with van der Waals surface area (Å²) in [5.74, 6) is 1.38. The third kappa shape index (κ3) is 1.85. The number of nitrogens with zero attached hydrogens (tertiary/aromatic N) is 1. The van der Waals surface area contributed by atoms with Gasteiger partial charge in [-0.15, -0.1) is 0 Å². The smallest absolute Gasteiger partial charge is 0.264 e. The van der Waals surface area contributed by atoms with Crippen LogP contribution in [-0.2, 0) is 0 Å². The summed E-state index contributed by atoms with van der Waals surface area (Å²) in [4.78, 5) is 18.9. The fourth-order valence-electron chi connectivity index (χ4n) is 1.99. The van der Waals surface area contributed by atoms with Crippen molar-refractivity contribution in [1.82, 2.24) is 9.97 Å². The molecule has 0 spiro atoms. The second-order valence-electron chi connectivity index (χ2n) is 3.83. The van der Waals surface area contributed by atoms with E-state index in [0.717, 1.165) is 11.5 Å². The lowest BCUT2D eigenvalue weighted by molar-refractivity contribution is 0.658. The van der Waals surface area contributed by atoms with Gasteiger partial charge in [-0.3, -0.25) is 4.79 Å². The van der Waals surface area contributed by atoms with E-state index >= 15 is 0 Å². The van der Waals surface area contributed by atoms with Crippen LogP contribution in [0.15, 0.2) is 4.79 Å². The van der Waals surface area contributed by atoms with Crippen LogP contribution in [0.25, 0.3) is 0 Å². The molecule has 1 saturated carbocycles. The molecule has 3 nitrogen and oxygen atoms in total. The van der Waals surface area contributed by atoms with Gasteiger partial charge in [-0.25, -0.2) is 4.98 Å². The third-order valence-electron chi connectivity index (χ3n) is 2.79. The molecule has 1 aliphatic carbocycles. The fourth-order valence-corrected chi connectivity index (χ4v) is 2.24. The van der Waals surface area contributed by atoms with Crippen molar-refractivity contribution in [2.24, 2.45) is 0 Å². The van der Waals surface area contributed by atoms with E-state index in [0.29, 0.717) is 9.49 Å². The summed E-state index contributed by atoms with van der Waals surface area (Å²) in [6, 6.07) is 0. The highest BCUT2D eigenvalue weighted by Crippen LogP contribution is 2.31. The molecule has 0 aliphatic heterocycles. The molecule has 1 aromatic heterocycles. The summed E-state index contributed by atoms with van der Waals surface area (Å²) < 4.78 is 0.712. The molecule has 2 rings (SSSR count). The number of aryl methyl sites for hydroxylation is 1. The SMILES string of the molecule is Cc1nc(C2CCCC2)[nH]c(=O)c1I. The van der Waals surface area contributed by atoms with Crippen LogP contribution in [-0.4, -0.2) is 9.97 Å². The summed E-state index contributed by atoms with van der Waals surface area (Å²) in [7, 11) is 0. The van der Waals surface area contributed by atoms with Gasteiger partial charge in [0.1, 0.15) is 5.82 Å². The summed E-state index contributed by atoms with van der Waals surface area (Å²) >= 11 is 2.04. The minimum Gasteiger partial charge on any atom is -0.309 e. The largest absolute Gasteiger partial charge is 0.309 e. The molecule has 0 amide bonds. The third-order valence-corrected chi connectivity index (χ3v) is 4.06. The highest BCUT2D eigenvalue weighted by Gasteiger charge is 2.20. The van der Waals surface area contributed by atoms with Crippen LogP contribution in [0.3, 0.4) is 0 Å². The van der Waals surface area contributed by atoms with Crippen LogP contribution in [0.4, 0.5) is 0 Å². The van der Waals surface area contributed by atoms with Crippen LogP contribution >= 0.6 is 22.6 Å². The molecule has 0 bridgehead atoms. The topological polar surface area (TPSA) is 45.8 Å². The van der Waals surface area contributed by atoms with E-state index in [1.165, 1.54) is 25.7 Å². The van der Waals surface area contributed by atoms with Crippen LogP contribution < -0.4 is 5.56 Å². The Bertz CT molecular complexity index is 394. The van der Waals surface area contributed by atoms with Crippen molar-refractivity contribution in [3.63, 3.8) is 0 Å². The molecule has 1 aromatic rings. The molecular weight excluding hydrogens is 291 g/mol. The fraction of sp³-hybridized carbons (Fsp3) is 0.600. The maximum absolute atomic E-state index is 11.5. The van der Waals surface area contributed by atoms with Crippen molar-refractivity contribution in [2.45, 2.75) is 38.5 Å². The normalized spacial score (nSPS) is 17.6. The zero-order chi connectivity index (χ0) is 10.1. The van der Waals surface area contributed by atoms with Gasteiger partial charge < -0.3 is 4.98 Å². The van der Waals surface area contributed by atoms with E-state index in [9.17, 15) is 4.79 Å². The first-order valence-corrected chi connectivity index (χ1v) is 6.02. The summed E-state index contributed by atoms with van der Waals surface area (Å²) in [5.41, 5.74) is 0.872. The molecule has 4 heteroatoms. The number of aromatic amines is 1. The number of hydrogen-bond donors (Lipinski definition) is 1. The molecule has 1 aliphatic rings. The number of halogens is 1. The molecule has 0 unspecified atom stereocenters. The Labute approximate surface area is 96.5 Å². The molecule has 14 heavy (non-hydrogen) atoms. The van der Waals surface area contributed by atoms with Gasteiger partial charge in [-0.05, 0) is 42.4 Å². The van der Waals surface area contributed by atoms with Gasteiger partial charge in [0.05, 0.1) is 9.26 Å². The van der Waals surface area contributed by atoms with Crippen molar-refractivity contribution in [3.8, 4) is 0 Å². The predicted molar refractivity (Wildman–Crippen MR) is 63.5 cm³/mol. The lowest BCUT2D eigenvalue weighted by Gasteiger charge is -2.08.